The molecule has 8 heteroatoms. The highest BCUT2D eigenvalue weighted by molar-refractivity contribution is 8.00. The molecule has 1 N–H and O–H groups in total. The lowest BCUT2D eigenvalue weighted by Gasteiger charge is -2.16. The van der Waals surface area contributed by atoms with Crippen molar-refractivity contribution < 1.29 is 13.6 Å². The molecule has 0 unspecified atom stereocenters. The van der Waals surface area contributed by atoms with Crippen molar-refractivity contribution in [3.63, 3.8) is 0 Å². The molecule has 4 rings (SSSR count). The largest absolute Gasteiger partial charge is 0.325 e. The monoisotopic (exact) mass is 401 g/mol. The first-order valence-electron chi connectivity index (χ1n) is 8.88. The van der Waals surface area contributed by atoms with E-state index in [1.54, 1.807) is 29.7 Å². The third-order valence-corrected chi connectivity index (χ3v) is 5.59. The number of amides is 1. The number of hydrogen-bond donors (Lipinski definition) is 1. The molecule has 144 valence electrons. The maximum absolute atomic E-state index is 13.3. The zero-order valence-corrected chi connectivity index (χ0v) is 15.8. The Balaban J connectivity index is 1.60. The van der Waals surface area contributed by atoms with Crippen molar-refractivity contribution in [2.75, 3.05) is 5.32 Å². The number of thioether (sulfide) groups is 1. The molecule has 1 aliphatic rings. The normalized spacial score (nSPS) is 14.8. The van der Waals surface area contributed by atoms with Gasteiger partial charge in [0.1, 0.15) is 0 Å². The highest BCUT2D eigenvalue weighted by Gasteiger charge is 2.30. The van der Waals surface area contributed by atoms with Gasteiger partial charge in [0.15, 0.2) is 16.8 Å². The van der Waals surface area contributed by atoms with E-state index in [2.05, 4.69) is 10.3 Å². The average molecular weight is 401 g/mol. The van der Waals surface area contributed by atoms with E-state index in [1.807, 2.05) is 6.07 Å². The van der Waals surface area contributed by atoms with Crippen molar-refractivity contribution in [1.29, 1.82) is 0 Å². The lowest BCUT2D eigenvalue weighted by Crippen LogP contribution is -2.26. The summed E-state index contributed by atoms with van der Waals surface area (Å²) >= 11 is 1.17. The van der Waals surface area contributed by atoms with E-state index in [-0.39, 0.29) is 23.2 Å². The van der Waals surface area contributed by atoms with Gasteiger partial charge in [-0.1, -0.05) is 23.9 Å². The summed E-state index contributed by atoms with van der Waals surface area (Å²) in [5.74, 6) is -2.40. The van der Waals surface area contributed by atoms with Crippen molar-refractivity contribution in [3.8, 4) is 0 Å². The Hall–Kier alpha value is -2.74. The molecule has 1 saturated carbocycles. The molecule has 1 amide bonds. The molecule has 0 aliphatic heterocycles. The first kappa shape index (κ1) is 18.6. The molecular weight excluding hydrogens is 384 g/mol. The molecule has 1 atom stereocenters. The Morgan fingerprint density at radius 1 is 1.21 bits per heavy atom. The van der Waals surface area contributed by atoms with Gasteiger partial charge in [-0.15, -0.1) is 0 Å². The number of hydrogen-bond acceptors (Lipinski definition) is 4. The summed E-state index contributed by atoms with van der Waals surface area (Å²) in [6.45, 7) is 1.68. The number of carbonyl (C=O) groups is 1. The first-order chi connectivity index (χ1) is 13.4. The maximum Gasteiger partial charge on any atom is 0.262 e. The van der Waals surface area contributed by atoms with E-state index in [9.17, 15) is 18.4 Å². The molecule has 0 saturated heterocycles. The predicted octanol–water partition coefficient (Wildman–Crippen LogP) is 4.13. The summed E-state index contributed by atoms with van der Waals surface area (Å²) < 4.78 is 28.0. The van der Waals surface area contributed by atoms with E-state index in [0.717, 1.165) is 25.0 Å². The second-order valence-corrected chi connectivity index (χ2v) is 8.00. The van der Waals surface area contributed by atoms with Crippen LogP contribution in [0.5, 0.6) is 0 Å². The number of carbonyl (C=O) groups excluding carboxylic acids is 1. The molecule has 28 heavy (non-hydrogen) atoms. The lowest BCUT2D eigenvalue weighted by molar-refractivity contribution is -0.115. The van der Waals surface area contributed by atoms with Gasteiger partial charge in [0, 0.05) is 17.8 Å². The van der Waals surface area contributed by atoms with Gasteiger partial charge >= 0.3 is 0 Å². The smallest absolute Gasteiger partial charge is 0.262 e. The minimum Gasteiger partial charge on any atom is -0.325 e. The average Bonchev–Trinajstić information content (AvgIpc) is 3.50. The minimum atomic E-state index is -1.03. The summed E-state index contributed by atoms with van der Waals surface area (Å²) in [5.41, 5.74) is 0.645. The molecule has 1 fully saturated rings. The molecule has 1 aliphatic carbocycles. The van der Waals surface area contributed by atoms with Crippen LogP contribution in [0.4, 0.5) is 14.5 Å². The zero-order chi connectivity index (χ0) is 19.8. The van der Waals surface area contributed by atoms with E-state index in [4.69, 9.17) is 0 Å². The van der Waals surface area contributed by atoms with Crippen LogP contribution in [-0.4, -0.2) is 20.7 Å². The number of halogens is 2. The lowest BCUT2D eigenvalue weighted by atomic mass is 10.2. The molecule has 1 aromatic heterocycles. The van der Waals surface area contributed by atoms with Crippen LogP contribution in [0.1, 0.15) is 25.8 Å². The van der Waals surface area contributed by atoms with Crippen LogP contribution in [-0.2, 0) is 4.79 Å². The van der Waals surface area contributed by atoms with Gasteiger partial charge in [0.25, 0.3) is 5.56 Å². The van der Waals surface area contributed by atoms with E-state index in [0.29, 0.717) is 16.1 Å². The third kappa shape index (κ3) is 3.64. The van der Waals surface area contributed by atoms with Gasteiger partial charge in [-0.3, -0.25) is 14.2 Å². The second kappa shape index (κ2) is 7.35. The van der Waals surface area contributed by atoms with Gasteiger partial charge in [-0.05, 0) is 44.0 Å². The summed E-state index contributed by atoms with van der Waals surface area (Å²) in [5, 5.41) is 3.01. The first-order valence-corrected chi connectivity index (χ1v) is 9.76. The topological polar surface area (TPSA) is 64.0 Å². The van der Waals surface area contributed by atoms with Crippen molar-refractivity contribution >= 4 is 34.3 Å². The molecule has 3 aromatic rings. The van der Waals surface area contributed by atoms with Crippen LogP contribution in [0.2, 0.25) is 0 Å². The standard InChI is InChI=1S/C20H17F2N3O2S/c1-11(18(26)23-12-6-9-15(21)16(22)10-12)28-20-24-17-5-3-2-4-14(17)19(27)25(20)13-7-8-13/h2-6,9-11,13H,7-8H2,1H3,(H,23,26)/t11-/m0/s1. The van der Waals surface area contributed by atoms with Crippen LogP contribution in [0.3, 0.4) is 0 Å². The minimum absolute atomic E-state index is 0.105. The number of nitrogens with zero attached hydrogens (tertiary/aromatic N) is 2. The van der Waals surface area contributed by atoms with Gasteiger partial charge in [0.05, 0.1) is 16.2 Å². The summed E-state index contributed by atoms with van der Waals surface area (Å²) in [6, 6.07) is 10.4. The Labute approximate surface area is 163 Å². The Morgan fingerprint density at radius 3 is 2.68 bits per heavy atom. The molecular formula is C20H17F2N3O2S. The summed E-state index contributed by atoms with van der Waals surface area (Å²) in [4.78, 5) is 30.0. The second-order valence-electron chi connectivity index (χ2n) is 6.70. The number of nitrogens with one attached hydrogen (secondary N) is 1. The fraction of sp³-hybridized carbons (Fsp3) is 0.250. The van der Waals surface area contributed by atoms with Gasteiger partial charge in [-0.2, -0.15) is 0 Å². The van der Waals surface area contributed by atoms with Gasteiger partial charge in [-0.25, -0.2) is 13.8 Å². The predicted molar refractivity (Wildman–Crippen MR) is 105 cm³/mol. The number of rotatable bonds is 5. The fourth-order valence-electron chi connectivity index (χ4n) is 2.89. The molecule has 1 heterocycles. The van der Waals surface area contributed by atoms with Crippen LogP contribution >= 0.6 is 11.8 Å². The SMILES string of the molecule is C[C@H](Sc1nc2ccccc2c(=O)n1C1CC1)C(=O)Nc1ccc(F)c(F)c1. The van der Waals surface area contributed by atoms with E-state index >= 15 is 0 Å². The highest BCUT2D eigenvalue weighted by Crippen LogP contribution is 2.37. The number of aromatic nitrogens is 2. The van der Waals surface area contributed by atoms with Crippen molar-refractivity contribution in [3.05, 3.63) is 64.5 Å². The number of para-hydroxylation sites is 1. The maximum atomic E-state index is 13.3. The number of benzene rings is 2. The zero-order valence-electron chi connectivity index (χ0n) is 15.0. The molecule has 0 spiro atoms. The van der Waals surface area contributed by atoms with Crippen LogP contribution in [0.15, 0.2) is 52.4 Å². The van der Waals surface area contributed by atoms with Gasteiger partial charge in [0.2, 0.25) is 5.91 Å². The summed E-state index contributed by atoms with van der Waals surface area (Å²) in [7, 11) is 0. The van der Waals surface area contributed by atoms with Crippen LogP contribution < -0.4 is 10.9 Å². The molecule has 0 bridgehead atoms. The van der Waals surface area contributed by atoms with Crippen LogP contribution in [0, 0.1) is 11.6 Å². The quantitative estimate of drug-likeness (QED) is 0.516. The van der Waals surface area contributed by atoms with Gasteiger partial charge < -0.3 is 5.32 Å². The third-order valence-electron chi connectivity index (χ3n) is 4.53. The molecule has 5 nitrogen and oxygen atoms in total. The Morgan fingerprint density at radius 2 is 1.96 bits per heavy atom. The van der Waals surface area contributed by atoms with Crippen LogP contribution in [0.25, 0.3) is 10.9 Å². The van der Waals surface area contributed by atoms with E-state index < -0.39 is 16.9 Å². The number of anilines is 1. The van der Waals surface area contributed by atoms with Crippen molar-refractivity contribution in [2.45, 2.75) is 36.2 Å². The van der Waals surface area contributed by atoms with Crippen molar-refractivity contribution in [2.24, 2.45) is 0 Å². The molecule has 2 aromatic carbocycles. The molecule has 0 radical (unpaired) electrons. The Bertz CT molecular complexity index is 1130. The Kier molecular flexibility index (Phi) is 4.89. The fourth-order valence-corrected chi connectivity index (χ4v) is 3.87. The number of fused-ring (bicyclic) bond motifs is 1. The van der Waals surface area contributed by atoms with Crippen molar-refractivity contribution in [1.82, 2.24) is 9.55 Å². The van der Waals surface area contributed by atoms with E-state index in [1.165, 1.54) is 17.8 Å². The highest BCUT2D eigenvalue weighted by atomic mass is 32.2. The summed E-state index contributed by atoms with van der Waals surface area (Å²) in [6.07, 6.45) is 1.81.